The maximum absolute atomic E-state index is 2.39. The quantitative estimate of drug-likeness (QED) is 0.287. The van der Waals surface area contributed by atoms with E-state index in [-0.39, 0.29) is 5.41 Å². The van der Waals surface area contributed by atoms with Crippen molar-refractivity contribution >= 4 is 27.8 Å². The molecular weight excluding hydrogens is 386 g/mol. The molecule has 0 radical (unpaired) electrons. The lowest BCUT2D eigenvalue weighted by atomic mass is 9.82. The van der Waals surface area contributed by atoms with E-state index in [0.717, 1.165) is 11.4 Å². The molecule has 0 heterocycles. The normalized spacial score (nSPS) is 13.6. The molecule has 0 N–H and O–H groups in total. The molecule has 6 rings (SSSR count). The zero-order chi connectivity index (χ0) is 21.7. The number of hydrogen-bond acceptors (Lipinski definition) is 1. The van der Waals surface area contributed by atoms with Crippen molar-refractivity contribution in [3.8, 4) is 11.1 Å². The number of anilines is 3. The Morgan fingerprint density at radius 2 is 1.00 bits per heavy atom. The van der Waals surface area contributed by atoms with Crippen molar-refractivity contribution in [2.24, 2.45) is 0 Å². The van der Waals surface area contributed by atoms with Gasteiger partial charge in [-0.15, -0.1) is 0 Å². The maximum atomic E-state index is 2.39. The fraction of sp³-hybridized carbons (Fsp3) is 0.0968. The Bertz CT molecular complexity index is 1390. The van der Waals surface area contributed by atoms with Crippen molar-refractivity contribution in [1.29, 1.82) is 0 Å². The fourth-order valence-corrected chi connectivity index (χ4v) is 5.17. The van der Waals surface area contributed by atoms with E-state index in [1.54, 1.807) is 0 Å². The standard InChI is InChI=1S/C31H25N/c1-31(2)29-18-17-26(32(24-13-5-3-6-14-24)25-15-7-4-8-16-25)21-28(29)27-19-22-11-9-10-12-23(22)20-30(27)31/h3-21H,1-2H3. The molecule has 32 heavy (non-hydrogen) atoms. The predicted molar refractivity (Wildman–Crippen MR) is 136 cm³/mol. The van der Waals surface area contributed by atoms with Crippen LogP contribution in [0.5, 0.6) is 0 Å². The van der Waals surface area contributed by atoms with E-state index in [9.17, 15) is 0 Å². The van der Waals surface area contributed by atoms with Crippen LogP contribution in [0, 0.1) is 0 Å². The van der Waals surface area contributed by atoms with Crippen LogP contribution < -0.4 is 4.90 Å². The van der Waals surface area contributed by atoms with Crippen LogP contribution in [0.3, 0.4) is 0 Å². The highest BCUT2D eigenvalue weighted by Gasteiger charge is 2.36. The molecule has 5 aromatic carbocycles. The first-order chi connectivity index (χ1) is 15.6. The van der Waals surface area contributed by atoms with Crippen molar-refractivity contribution in [2.45, 2.75) is 19.3 Å². The first kappa shape index (κ1) is 18.9. The molecular formula is C31H25N. The monoisotopic (exact) mass is 411 g/mol. The summed E-state index contributed by atoms with van der Waals surface area (Å²) in [5.41, 5.74) is 8.98. The highest BCUT2D eigenvalue weighted by Crippen LogP contribution is 2.51. The van der Waals surface area contributed by atoms with E-state index >= 15 is 0 Å². The van der Waals surface area contributed by atoms with Gasteiger partial charge in [-0.2, -0.15) is 0 Å². The minimum atomic E-state index is -0.0163. The van der Waals surface area contributed by atoms with Crippen LogP contribution in [0.15, 0.2) is 115 Å². The van der Waals surface area contributed by atoms with Gasteiger partial charge < -0.3 is 4.90 Å². The lowest BCUT2D eigenvalue weighted by Gasteiger charge is -2.27. The molecule has 0 aliphatic heterocycles. The molecule has 0 unspecified atom stereocenters. The summed E-state index contributed by atoms with van der Waals surface area (Å²) in [6.45, 7) is 4.69. The Hall–Kier alpha value is -3.84. The Kier molecular flexibility index (Phi) is 4.19. The van der Waals surface area contributed by atoms with E-state index < -0.39 is 0 Å². The van der Waals surface area contributed by atoms with E-state index in [4.69, 9.17) is 0 Å². The fourth-order valence-electron chi connectivity index (χ4n) is 5.17. The molecule has 1 heteroatoms. The van der Waals surface area contributed by atoms with Crippen LogP contribution >= 0.6 is 0 Å². The van der Waals surface area contributed by atoms with Crippen molar-refractivity contribution < 1.29 is 0 Å². The molecule has 5 aromatic rings. The predicted octanol–water partition coefficient (Wildman–Crippen LogP) is 8.62. The molecule has 0 fully saturated rings. The zero-order valence-corrected chi connectivity index (χ0v) is 18.4. The van der Waals surface area contributed by atoms with Gasteiger partial charge >= 0.3 is 0 Å². The third-order valence-electron chi connectivity index (χ3n) is 6.81. The summed E-state index contributed by atoms with van der Waals surface area (Å²) in [6, 6.07) is 41.6. The van der Waals surface area contributed by atoms with Crippen molar-refractivity contribution in [2.75, 3.05) is 4.90 Å². The summed E-state index contributed by atoms with van der Waals surface area (Å²) in [4.78, 5) is 2.34. The lowest BCUT2D eigenvalue weighted by molar-refractivity contribution is 0.661. The topological polar surface area (TPSA) is 3.24 Å². The van der Waals surface area contributed by atoms with Crippen LogP contribution in [0.25, 0.3) is 21.9 Å². The van der Waals surface area contributed by atoms with E-state index in [2.05, 4.69) is 134 Å². The van der Waals surface area contributed by atoms with Crippen LogP contribution in [-0.2, 0) is 5.41 Å². The summed E-state index contributed by atoms with van der Waals surface area (Å²) in [5.74, 6) is 0. The van der Waals surface area contributed by atoms with Crippen LogP contribution in [-0.4, -0.2) is 0 Å². The van der Waals surface area contributed by atoms with Crippen LogP contribution in [0.1, 0.15) is 25.0 Å². The zero-order valence-electron chi connectivity index (χ0n) is 18.4. The van der Waals surface area contributed by atoms with Gasteiger partial charge in [-0.25, -0.2) is 0 Å². The highest BCUT2D eigenvalue weighted by atomic mass is 15.1. The number of fused-ring (bicyclic) bond motifs is 4. The first-order valence-corrected chi connectivity index (χ1v) is 11.2. The van der Waals surface area contributed by atoms with Gasteiger partial charge in [-0.3, -0.25) is 0 Å². The number of rotatable bonds is 3. The van der Waals surface area contributed by atoms with Crippen LogP contribution in [0.4, 0.5) is 17.1 Å². The largest absolute Gasteiger partial charge is 0.310 e. The first-order valence-electron chi connectivity index (χ1n) is 11.2. The molecule has 1 aliphatic carbocycles. The van der Waals surface area contributed by atoms with Gasteiger partial charge in [0.1, 0.15) is 0 Å². The second kappa shape index (κ2) is 7.10. The minimum Gasteiger partial charge on any atom is -0.310 e. The molecule has 0 amide bonds. The van der Waals surface area contributed by atoms with Gasteiger partial charge in [0.2, 0.25) is 0 Å². The average Bonchev–Trinajstić information content (AvgIpc) is 3.05. The Morgan fingerprint density at radius 3 is 1.62 bits per heavy atom. The van der Waals surface area contributed by atoms with Crippen molar-refractivity contribution in [3.63, 3.8) is 0 Å². The van der Waals surface area contributed by atoms with Crippen LogP contribution in [0.2, 0.25) is 0 Å². The van der Waals surface area contributed by atoms with Crippen molar-refractivity contribution in [1.82, 2.24) is 0 Å². The van der Waals surface area contributed by atoms with Gasteiger partial charge in [0.05, 0.1) is 0 Å². The molecule has 0 saturated carbocycles. The molecule has 1 nitrogen and oxygen atoms in total. The molecule has 0 spiro atoms. The molecule has 0 atom stereocenters. The third-order valence-corrected chi connectivity index (χ3v) is 6.81. The minimum absolute atomic E-state index is 0.0163. The molecule has 0 saturated heterocycles. The second-order valence-corrected chi connectivity index (χ2v) is 9.11. The smallest absolute Gasteiger partial charge is 0.0468 e. The number of hydrogen-bond donors (Lipinski definition) is 0. The van der Waals surface area contributed by atoms with Gasteiger partial charge in [0.15, 0.2) is 0 Å². The SMILES string of the molecule is CC1(C)c2ccc(N(c3ccccc3)c3ccccc3)cc2-c2cc3ccccc3cc21. The number of nitrogens with zero attached hydrogens (tertiary/aromatic N) is 1. The van der Waals surface area contributed by atoms with Gasteiger partial charge in [-0.05, 0) is 81.6 Å². The van der Waals surface area contributed by atoms with Crippen molar-refractivity contribution in [3.05, 3.63) is 126 Å². The summed E-state index contributed by atoms with van der Waals surface area (Å²) in [7, 11) is 0. The summed E-state index contributed by atoms with van der Waals surface area (Å²) < 4.78 is 0. The van der Waals surface area contributed by atoms with Gasteiger partial charge in [0.25, 0.3) is 0 Å². The van der Waals surface area contributed by atoms with E-state index in [1.807, 2.05) is 0 Å². The molecule has 0 bridgehead atoms. The Balaban J connectivity index is 1.58. The molecule has 1 aliphatic rings. The average molecular weight is 412 g/mol. The van der Waals surface area contributed by atoms with Gasteiger partial charge in [0, 0.05) is 22.5 Å². The van der Waals surface area contributed by atoms with E-state index in [1.165, 1.54) is 38.7 Å². The second-order valence-electron chi connectivity index (χ2n) is 9.11. The molecule has 0 aromatic heterocycles. The number of benzene rings is 5. The summed E-state index contributed by atoms with van der Waals surface area (Å²) in [5, 5.41) is 2.60. The van der Waals surface area contributed by atoms with Gasteiger partial charge in [-0.1, -0.05) is 80.6 Å². The maximum Gasteiger partial charge on any atom is 0.0468 e. The Labute approximate surface area is 189 Å². The summed E-state index contributed by atoms with van der Waals surface area (Å²) in [6.07, 6.45) is 0. The number of para-hydroxylation sites is 2. The highest BCUT2D eigenvalue weighted by molar-refractivity contribution is 5.94. The Morgan fingerprint density at radius 1 is 0.469 bits per heavy atom. The lowest BCUT2D eigenvalue weighted by Crippen LogP contribution is -2.15. The molecule has 154 valence electrons. The third kappa shape index (κ3) is 2.85. The summed E-state index contributed by atoms with van der Waals surface area (Å²) >= 11 is 0. The van der Waals surface area contributed by atoms with E-state index in [0.29, 0.717) is 0 Å².